The molecule has 0 saturated heterocycles. The van der Waals surface area contributed by atoms with Gasteiger partial charge in [0.05, 0.1) is 12.3 Å². The molecule has 0 amide bonds. The summed E-state index contributed by atoms with van der Waals surface area (Å²) < 4.78 is 6.47. The minimum atomic E-state index is -1.59. The van der Waals surface area contributed by atoms with Crippen molar-refractivity contribution in [2.45, 2.75) is 33.6 Å². The van der Waals surface area contributed by atoms with Gasteiger partial charge in [-0.3, -0.25) is 14.3 Å². The van der Waals surface area contributed by atoms with Crippen LogP contribution in [0.3, 0.4) is 0 Å². The van der Waals surface area contributed by atoms with E-state index in [-0.39, 0.29) is 13.0 Å². The summed E-state index contributed by atoms with van der Waals surface area (Å²) in [5.41, 5.74) is -0.0154. The number of aryl methyl sites for hydroxylation is 2. The van der Waals surface area contributed by atoms with Crippen LogP contribution in [0, 0.1) is 5.41 Å². The van der Waals surface area contributed by atoms with Gasteiger partial charge in [-0.05, 0) is 26.3 Å². The average molecular weight is 268 g/mol. The number of hydrogen-bond donors (Lipinski definition) is 1. The fourth-order valence-electron chi connectivity index (χ4n) is 1.80. The van der Waals surface area contributed by atoms with Gasteiger partial charge in [0.25, 0.3) is 0 Å². The zero-order chi connectivity index (χ0) is 14.6. The number of carbonyl (C=O) groups is 2. The zero-order valence-corrected chi connectivity index (χ0v) is 11.8. The molecule has 1 heterocycles. The van der Waals surface area contributed by atoms with Crippen molar-refractivity contribution < 1.29 is 19.4 Å². The van der Waals surface area contributed by atoms with Crippen LogP contribution in [0.25, 0.3) is 0 Å². The monoisotopic (exact) mass is 268 g/mol. The lowest BCUT2D eigenvalue weighted by molar-refractivity contribution is -0.167. The van der Waals surface area contributed by atoms with Crippen molar-refractivity contribution in [2.24, 2.45) is 12.5 Å². The van der Waals surface area contributed by atoms with Crippen molar-refractivity contribution in [3.05, 3.63) is 17.5 Å². The molecular weight excluding hydrogens is 248 g/mol. The molecule has 1 unspecified atom stereocenters. The maximum absolute atomic E-state index is 11.9. The Morgan fingerprint density at radius 1 is 1.47 bits per heavy atom. The van der Waals surface area contributed by atoms with Crippen molar-refractivity contribution in [2.75, 3.05) is 6.61 Å². The maximum atomic E-state index is 11.9. The fourth-order valence-corrected chi connectivity index (χ4v) is 1.80. The largest absolute Gasteiger partial charge is 0.480 e. The molecule has 1 N–H and O–H groups in total. The van der Waals surface area contributed by atoms with Gasteiger partial charge in [0.1, 0.15) is 0 Å². The molecular formula is C13H20N2O4. The van der Waals surface area contributed by atoms with E-state index in [1.807, 2.05) is 13.0 Å². The standard InChI is InChI=1S/C13H20N2O4/c1-5-9-7-10(15(4)14-9)8-13(3,11(16)17)12(18)19-6-2/h7H,5-6,8H2,1-4H3,(H,16,17). The second-order valence-corrected chi connectivity index (χ2v) is 4.64. The summed E-state index contributed by atoms with van der Waals surface area (Å²) in [5.74, 6) is -1.91. The first-order valence-corrected chi connectivity index (χ1v) is 6.27. The Hall–Kier alpha value is -1.85. The second kappa shape index (κ2) is 5.86. The Kier molecular flexibility index (Phi) is 4.69. The number of esters is 1. The Labute approximate surface area is 112 Å². The number of carboxylic acids is 1. The summed E-state index contributed by atoms with van der Waals surface area (Å²) in [7, 11) is 1.74. The predicted molar refractivity (Wildman–Crippen MR) is 68.7 cm³/mol. The van der Waals surface area contributed by atoms with E-state index >= 15 is 0 Å². The summed E-state index contributed by atoms with van der Waals surface area (Å²) in [4.78, 5) is 23.3. The fraction of sp³-hybridized carbons (Fsp3) is 0.615. The van der Waals surface area contributed by atoms with Crippen LogP contribution in [-0.4, -0.2) is 33.4 Å². The van der Waals surface area contributed by atoms with E-state index in [0.29, 0.717) is 5.69 Å². The molecule has 0 bridgehead atoms. The average Bonchev–Trinajstić information content (AvgIpc) is 2.70. The molecule has 0 fully saturated rings. The molecule has 0 aromatic carbocycles. The van der Waals surface area contributed by atoms with Crippen LogP contribution >= 0.6 is 0 Å². The molecule has 0 radical (unpaired) electrons. The van der Waals surface area contributed by atoms with Crippen LogP contribution in [0.5, 0.6) is 0 Å². The molecule has 0 aliphatic heterocycles. The summed E-state index contributed by atoms with van der Waals surface area (Å²) in [6.07, 6.45) is 0.821. The molecule has 6 nitrogen and oxygen atoms in total. The van der Waals surface area contributed by atoms with Crippen LogP contribution in [0.15, 0.2) is 6.07 Å². The van der Waals surface area contributed by atoms with E-state index < -0.39 is 17.4 Å². The molecule has 19 heavy (non-hydrogen) atoms. The van der Waals surface area contributed by atoms with Gasteiger partial charge in [0.2, 0.25) is 0 Å². The first-order valence-electron chi connectivity index (χ1n) is 6.27. The Morgan fingerprint density at radius 2 is 2.11 bits per heavy atom. The van der Waals surface area contributed by atoms with E-state index in [1.54, 1.807) is 18.7 Å². The van der Waals surface area contributed by atoms with Crippen LogP contribution in [0.2, 0.25) is 0 Å². The molecule has 0 aliphatic carbocycles. The second-order valence-electron chi connectivity index (χ2n) is 4.64. The van der Waals surface area contributed by atoms with Crippen LogP contribution in [-0.2, 0) is 34.2 Å². The van der Waals surface area contributed by atoms with Crippen molar-refractivity contribution in [3.63, 3.8) is 0 Å². The van der Waals surface area contributed by atoms with E-state index in [0.717, 1.165) is 12.1 Å². The van der Waals surface area contributed by atoms with Crippen molar-refractivity contribution in [1.82, 2.24) is 9.78 Å². The van der Waals surface area contributed by atoms with Crippen LogP contribution in [0.1, 0.15) is 32.2 Å². The van der Waals surface area contributed by atoms with E-state index in [1.165, 1.54) is 6.92 Å². The molecule has 1 aromatic rings. The number of ether oxygens (including phenoxy) is 1. The van der Waals surface area contributed by atoms with Crippen molar-refractivity contribution in [1.29, 1.82) is 0 Å². The van der Waals surface area contributed by atoms with Crippen molar-refractivity contribution >= 4 is 11.9 Å². The Bertz CT molecular complexity index is 481. The molecule has 0 saturated carbocycles. The van der Waals surface area contributed by atoms with Gasteiger partial charge in [-0.25, -0.2) is 0 Å². The van der Waals surface area contributed by atoms with Gasteiger partial charge in [-0.15, -0.1) is 0 Å². The van der Waals surface area contributed by atoms with Gasteiger partial charge in [0, 0.05) is 19.2 Å². The number of nitrogens with zero attached hydrogens (tertiary/aromatic N) is 2. The number of rotatable bonds is 6. The highest BCUT2D eigenvalue weighted by atomic mass is 16.5. The van der Waals surface area contributed by atoms with Gasteiger partial charge >= 0.3 is 11.9 Å². The zero-order valence-electron chi connectivity index (χ0n) is 11.8. The minimum absolute atomic E-state index is 0.0602. The van der Waals surface area contributed by atoms with Gasteiger partial charge in [0.15, 0.2) is 5.41 Å². The lowest BCUT2D eigenvalue weighted by Gasteiger charge is -2.22. The Morgan fingerprint density at radius 3 is 2.53 bits per heavy atom. The van der Waals surface area contributed by atoms with E-state index in [2.05, 4.69) is 5.10 Å². The molecule has 1 aromatic heterocycles. The Balaban J connectivity index is 3.04. The maximum Gasteiger partial charge on any atom is 0.323 e. The molecule has 1 atom stereocenters. The summed E-state index contributed by atoms with van der Waals surface area (Å²) in [5, 5.41) is 13.6. The first kappa shape index (κ1) is 15.2. The predicted octanol–water partition coefficient (Wildman–Crippen LogP) is 1.18. The van der Waals surface area contributed by atoms with Gasteiger partial charge in [-0.1, -0.05) is 6.92 Å². The van der Waals surface area contributed by atoms with Gasteiger partial charge in [-0.2, -0.15) is 5.10 Å². The lowest BCUT2D eigenvalue weighted by Crippen LogP contribution is -2.40. The topological polar surface area (TPSA) is 81.4 Å². The summed E-state index contributed by atoms with van der Waals surface area (Å²) >= 11 is 0. The SMILES string of the molecule is CCOC(=O)C(C)(Cc1cc(CC)nn1C)C(=O)O. The molecule has 106 valence electrons. The quantitative estimate of drug-likeness (QED) is 0.619. The third-order valence-electron chi connectivity index (χ3n) is 3.12. The highest BCUT2D eigenvalue weighted by Crippen LogP contribution is 2.25. The normalized spacial score (nSPS) is 13.9. The smallest absolute Gasteiger partial charge is 0.323 e. The third-order valence-corrected chi connectivity index (χ3v) is 3.12. The van der Waals surface area contributed by atoms with Crippen LogP contribution in [0.4, 0.5) is 0 Å². The first-order chi connectivity index (χ1) is 8.85. The highest BCUT2D eigenvalue weighted by Gasteiger charge is 2.43. The number of aromatic nitrogens is 2. The third kappa shape index (κ3) is 3.13. The lowest BCUT2D eigenvalue weighted by atomic mass is 9.85. The van der Waals surface area contributed by atoms with Crippen LogP contribution < -0.4 is 0 Å². The molecule has 6 heteroatoms. The van der Waals surface area contributed by atoms with E-state index in [9.17, 15) is 14.7 Å². The summed E-state index contributed by atoms with van der Waals surface area (Å²) in [6.45, 7) is 5.16. The molecule has 0 aliphatic rings. The number of aliphatic carboxylic acids is 1. The number of carbonyl (C=O) groups excluding carboxylic acids is 1. The van der Waals surface area contributed by atoms with Gasteiger partial charge < -0.3 is 9.84 Å². The summed E-state index contributed by atoms with van der Waals surface area (Å²) in [6, 6.07) is 1.82. The van der Waals surface area contributed by atoms with Crippen molar-refractivity contribution in [3.8, 4) is 0 Å². The number of carboxylic acid groups (broad SMARTS) is 1. The van der Waals surface area contributed by atoms with E-state index in [4.69, 9.17) is 4.74 Å². The highest BCUT2D eigenvalue weighted by molar-refractivity contribution is 5.98. The molecule has 1 rings (SSSR count). The minimum Gasteiger partial charge on any atom is -0.480 e. The number of hydrogen-bond acceptors (Lipinski definition) is 4. The molecule has 0 spiro atoms.